The van der Waals surface area contributed by atoms with Gasteiger partial charge in [-0.2, -0.15) is 0 Å². The van der Waals surface area contributed by atoms with Gasteiger partial charge in [-0.3, -0.25) is 0 Å². The van der Waals surface area contributed by atoms with Crippen LogP contribution in [0.15, 0.2) is 24.0 Å². The topological polar surface area (TPSA) is 46.5 Å². The number of rotatable bonds is 2. The summed E-state index contributed by atoms with van der Waals surface area (Å²) in [5, 5.41) is 7.77. The maximum absolute atomic E-state index is 9.49. The fourth-order valence-corrected chi connectivity index (χ4v) is 0.130. The SMILES string of the molecule is C=CCOC(=O)O.[Li][CH]=C. The number of hydrogen-bond acceptors (Lipinski definition) is 2. The van der Waals surface area contributed by atoms with Gasteiger partial charge in [0.05, 0.1) is 0 Å². The van der Waals surface area contributed by atoms with E-state index in [-0.39, 0.29) is 6.61 Å². The van der Waals surface area contributed by atoms with Gasteiger partial charge >= 0.3 is 35.2 Å². The van der Waals surface area contributed by atoms with Gasteiger partial charge in [0, 0.05) is 0 Å². The summed E-state index contributed by atoms with van der Waals surface area (Å²) < 4.78 is 5.74. The van der Waals surface area contributed by atoms with E-state index in [1.54, 1.807) is 4.75 Å². The predicted molar refractivity (Wildman–Crippen MR) is 40.1 cm³/mol. The van der Waals surface area contributed by atoms with Crippen LogP contribution in [0.3, 0.4) is 0 Å². The zero-order valence-corrected chi connectivity index (χ0v) is 6.04. The average molecular weight is 136 g/mol. The first-order chi connectivity index (χ1) is 4.68. The number of carbonyl (C=O) groups is 1. The molecule has 0 aliphatic rings. The van der Waals surface area contributed by atoms with Gasteiger partial charge in [-0.15, -0.1) is 0 Å². The second-order valence-electron chi connectivity index (χ2n) is 1.27. The summed E-state index contributed by atoms with van der Waals surface area (Å²) in [7, 11) is 0. The summed E-state index contributed by atoms with van der Waals surface area (Å²) in [4.78, 5) is 9.49. The van der Waals surface area contributed by atoms with Crippen LogP contribution in [-0.4, -0.2) is 35.6 Å². The molecule has 0 bridgehead atoms. The Labute approximate surface area is 69.6 Å². The first kappa shape index (κ1) is 12.1. The first-order valence-electron chi connectivity index (χ1n) is 2.72. The van der Waals surface area contributed by atoms with Crippen molar-refractivity contribution < 1.29 is 14.6 Å². The Hall–Kier alpha value is -0.653. The van der Waals surface area contributed by atoms with Crippen molar-refractivity contribution in [1.82, 2.24) is 0 Å². The van der Waals surface area contributed by atoms with Crippen molar-refractivity contribution in [2.75, 3.05) is 6.61 Å². The normalized spacial score (nSPS) is 6.60. The van der Waals surface area contributed by atoms with Gasteiger partial charge in [0.1, 0.15) is 6.61 Å². The first-order valence-corrected chi connectivity index (χ1v) is 2.72. The molecule has 0 saturated heterocycles. The third kappa shape index (κ3) is 26.4. The van der Waals surface area contributed by atoms with Crippen molar-refractivity contribution in [3.8, 4) is 0 Å². The van der Waals surface area contributed by atoms with E-state index in [0.717, 1.165) is 0 Å². The van der Waals surface area contributed by atoms with E-state index in [1.807, 2.05) is 17.7 Å². The van der Waals surface area contributed by atoms with E-state index in [9.17, 15) is 4.79 Å². The number of hydrogen-bond donors (Lipinski definition) is 1. The van der Waals surface area contributed by atoms with Crippen molar-refractivity contribution in [2.24, 2.45) is 0 Å². The van der Waals surface area contributed by atoms with Crippen LogP contribution in [-0.2, 0) is 4.74 Å². The van der Waals surface area contributed by atoms with Crippen LogP contribution < -0.4 is 0 Å². The summed E-state index contributed by atoms with van der Waals surface area (Å²) in [6.07, 6.45) is 0.105. The molecule has 0 aromatic heterocycles. The summed E-state index contributed by atoms with van der Waals surface area (Å²) >= 11 is 1.89. The van der Waals surface area contributed by atoms with Crippen LogP contribution in [0.2, 0.25) is 0 Å². The minimum atomic E-state index is -1.26. The molecule has 0 heterocycles. The molecule has 0 unspecified atom stereocenters. The van der Waals surface area contributed by atoms with Gasteiger partial charge in [0.2, 0.25) is 0 Å². The fourth-order valence-electron chi connectivity index (χ4n) is 0.130. The summed E-state index contributed by atoms with van der Waals surface area (Å²) in [5.74, 6) is 0. The molecule has 1 N–H and O–H groups in total. The molecule has 4 heteroatoms. The molecule has 0 rings (SSSR count). The monoisotopic (exact) mass is 136 g/mol. The van der Waals surface area contributed by atoms with Crippen molar-refractivity contribution in [2.45, 2.75) is 0 Å². The molecule has 0 atom stereocenters. The molecule has 52 valence electrons. The van der Waals surface area contributed by atoms with Gasteiger partial charge < -0.3 is 9.84 Å². The molecule has 3 nitrogen and oxygen atoms in total. The van der Waals surface area contributed by atoms with E-state index in [2.05, 4.69) is 17.9 Å². The molecule has 0 aliphatic carbocycles. The Morgan fingerprint density at radius 2 is 2.10 bits per heavy atom. The summed E-state index contributed by atoms with van der Waals surface area (Å²) in [6.45, 7) is 6.67. The van der Waals surface area contributed by atoms with Crippen molar-refractivity contribution in [1.29, 1.82) is 0 Å². The predicted octanol–water partition coefficient (Wildman–Crippen LogP) is 1.17. The Balaban J connectivity index is 0. The third-order valence-corrected chi connectivity index (χ3v) is 0.325. The Morgan fingerprint density at radius 3 is 2.20 bits per heavy atom. The van der Waals surface area contributed by atoms with Crippen molar-refractivity contribution in [3.63, 3.8) is 0 Å². The van der Waals surface area contributed by atoms with Crippen molar-refractivity contribution in [3.05, 3.63) is 24.0 Å². The van der Waals surface area contributed by atoms with Crippen molar-refractivity contribution >= 4 is 23.9 Å². The van der Waals surface area contributed by atoms with Crippen LogP contribution in [0, 0.1) is 0 Å². The van der Waals surface area contributed by atoms with E-state index in [4.69, 9.17) is 5.11 Å². The third-order valence-electron chi connectivity index (χ3n) is 0.325. The second-order valence-corrected chi connectivity index (χ2v) is 1.27. The molecule has 0 fully saturated rings. The Kier molecular flexibility index (Phi) is 13.5. The number of carboxylic acid groups (broad SMARTS) is 1. The zero-order valence-electron chi connectivity index (χ0n) is 6.04. The number of ether oxygens (including phenoxy) is 1. The van der Waals surface area contributed by atoms with E-state index < -0.39 is 6.16 Å². The molecule has 0 radical (unpaired) electrons. The molecular weight excluding hydrogens is 127 g/mol. The summed E-state index contributed by atoms with van der Waals surface area (Å²) in [6, 6.07) is 0. The molecule has 0 aromatic rings. The molecule has 0 saturated carbocycles. The van der Waals surface area contributed by atoms with E-state index in [1.165, 1.54) is 6.08 Å². The zero-order chi connectivity index (χ0) is 8.41. The molecular formula is C6H9LiO3. The van der Waals surface area contributed by atoms with Gasteiger partial charge in [-0.1, -0.05) is 12.7 Å². The van der Waals surface area contributed by atoms with E-state index in [0.29, 0.717) is 0 Å². The second kappa shape index (κ2) is 11.2. The van der Waals surface area contributed by atoms with Crippen LogP contribution in [0.25, 0.3) is 0 Å². The Bertz CT molecular complexity index is 112. The van der Waals surface area contributed by atoms with Gasteiger partial charge in [0.25, 0.3) is 0 Å². The van der Waals surface area contributed by atoms with Gasteiger partial charge in [0.15, 0.2) is 0 Å². The molecule has 0 spiro atoms. The average Bonchev–Trinajstić information content (AvgIpc) is 1.85. The summed E-state index contributed by atoms with van der Waals surface area (Å²) in [5.41, 5.74) is 0. The fraction of sp³-hybridized carbons (Fsp3) is 0.167. The van der Waals surface area contributed by atoms with Crippen LogP contribution in [0.5, 0.6) is 0 Å². The van der Waals surface area contributed by atoms with Gasteiger partial charge in [-0.05, 0) is 0 Å². The van der Waals surface area contributed by atoms with Crippen LogP contribution in [0.4, 0.5) is 4.79 Å². The molecule has 10 heavy (non-hydrogen) atoms. The molecule has 0 amide bonds. The maximum atomic E-state index is 9.49. The van der Waals surface area contributed by atoms with Crippen LogP contribution >= 0.6 is 0 Å². The Morgan fingerprint density at radius 1 is 1.70 bits per heavy atom. The quantitative estimate of drug-likeness (QED) is 0.352. The van der Waals surface area contributed by atoms with Gasteiger partial charge in [-0.25, -0.2) is 4.79 Å². The molecule has 0 aromatic carbocycles. The van der Waals surface area contributed by atoms with E-state index >= 15 is 0 Å². The standard InChI is InChI=1S/C4H6O3.C2H3.Li/c1-2-3-7-4(5)6;1-2;/h2H,1,3H2,(H,5,6);1H,2H2;. The molecule has 0 aliphatic heterocycles. The minimum absolute atomic E-state index is 0.0648. The van der Waals surface area contributed by atoms with Crippen LogP contribution in [0.1, 0.15) is 0 Å².